The van der Waals surface area contributed by atoms with Crippen molar-refractivity contribution in [3.05, 3.63) is 64.7 Å². The number of aryl methyl sites for hydroxylation is 2. The lowest BCUT2D eigenvalue weighted by Gasteiger charge is -2.34. The van der Waals surface area contributed by atoms with E-state index in [0.717, 1.165) is 17.9 Å². The van der Waals surface area contributed by atoms with E-state index in [0.29, 0.717) is 17.3 Å². The second-order valence-electron chi connectivity index (χ2n) is 12.7. The zero-order chi connectivity index (χ0) is 25.4. The van der Waals surface area contributed by atoms with Crippen LogP contribution in [0.1, 0.15) is 81.5 Å². The predicted molar refractivity (Wildman–Crippen MR) is 151 cm³/mol. The minimum Gasteiger partial charge on any atom is -0.450 e. The number of ether oxygens (including phenoxy) is 1. The van der Waals surface area contributed by atoms with Crippen LogP contribution in [0, 0.1) is 25.2 Å². The normalized spacial score (nSPS) is 17.0. The van der Waals surface area contributed by atoms with Gasteiger partial charge in [0.2, 0.25) is 5.52 Å². The zero-order valence-corrected chi connectivity index (χ0v) is 23.1. The summed E-state index contributed by atoms with van der Waals surface area (Å²) >= 11 is 0. The molecule has 4 aromatic rings. The van der Waals surface area contributed by atoms with E-state index >= 15 is 0 Å². The summed E-state index contributed by atoms with van der Waals surface area (Å²) in [5, 5.41) is 3.91. The van der Waals surface area contributed by atoms with E-state index in [-0.39, 0.29) is 0 Å². The van der Waals surface area contributed by atoms with E-state index in [9.17, 15) is 0 Å². The summed E-state index contributed by atoms with van der Waals surface area (Å²) in [5.41, 5.74) is 9.87. The lowest BCUT2D eigenvalue weighted by molar-refractivity contribution is -0.633. The van der Waals surface area contributed by atoms with Crippen molar-refractivity contribution in [2.75, 3.05) is 0 Å². The predicted octanol–water partition coefficient (Wildman–Crippen LogP) is 9.09. The van der Waals surface area contributed by atoms with Crippen LogP contribution in [0.3, 0.4) is 0 Å². The van der Waals surface area contributed by atoms with Crippen LogP contribution >= 0.6 is 0 Å². The van der Waals surface area contributed by atoms with Gasteiger partial charge in [0.15, 0.2) is 5.75 Å². The van der Waals surface area contributed by atoms with Gasteiger partial charge in [-0.25, -0.2) is 0 Å². The average Bonchev–Trinajstić information content (AvgIpc) is 2.81. The Hall–Kier alpha value is -2.87. The number of hydrogen-bond donors (Lipinski definition) is 0. The van der Waals surface area contributed by atoms with Crippen molar-refractivity contribution in [3.8, 4) is 22.8 Å². The Morgan fingerprint density at radius 3 is 2.47 bits per heavy atom. The zero-order valence-electron chi connectivity index (χ0n) is 23.1. The summed E-state index contributed by atoms with van der Waals surface area (Å²) in [6.07, 6.45) is 6.21. The molecule has 1 aliphatic heterocycles. The highest BCUT2D eigenvalue weighted by Gasteiger charge is 2.34. The van der Waals surface area contributed by atoms with Gasteiger partial charge in [-0.15, -0.1) is 0 Å². The number of rotatable bonds is 3. The SMILES string of the molecule is Cc1cc2cc(CC(C)C)cc3c2c(c1C)-c1c(cc2c(C4CCC(C)(C)CC4)cccc2[n+]1C)O3. The molecule has 0 bridgehead atoms. The maximum absolute atomic E-state index is 6.81. The van der Waals surface area contributed by atoms with Crippen molar-refractivity contribution in [3.63, 3.8) is 0 Å². The second-order valence-corrected chi connectivity index (χ2v) is 12.7. The quantitative estimate of drug-likeness (QED) is 0.236. The lowest BCUT2D eigenvalue weighted by atomic mass is 9.71. The molecule has 1 fully saturated rings. The maximum atomic E-state index is 6.81. The van der Waals surface area contributed by atoms with Gasteiger partial charge < -0.3 is 4.74 Å². The molecule has 186 valence electrons. The van der Waals surface area contributed by atoms with Gasteiger partial charge in [0.05, 0.1) is 10.9 Å². The minimum atomic E-state index is 0.472. The van der Waals surface area contributed by atoms with E-state index in [1.54, 1.807) is 0 Å². The Morgan fingerprint density at radius 1 is 1.00 bits per heavy atom. The van der Waals surface area contributed by atoms with Crippen LogP contribution in [-0.2, 0) is 13.5 Å². The monoisotopic (exact) mass is 478 g/mol. The molecule has 1 aromatic heterocycles. The molecule has 2 aliphatic rings. The summed E-state index contributed by atoms with van der Waals surface area (Å²) in [5.74, 6) is 3.25. The Kier molecular flexibility index (Phi) is 5.44. The van der Waals surface area contributed by atoms with Gasteiger partial charge in [-0.3, -0.25) is 0 Å². The largest absolute Gasteiger partial charge is 0.450 e. The van der Waals surface area contributed by atoms with Crippen molar-refractivity contribution < 1.29 is 9.30 Å². The summed E-state index contributed by atoms with van der Waals surface area (Å²) in [6.45, 7) is 13.9. The minimum absolute atomic E-state index is 0.472. The van der Waals surface area contributed by atoms with E-state index in [4.69, 9.17) is 4.74 Å². The Balaban J connectivity index is 1.58. The van der Waals surface area contributed by atoms with Crippen molar-refractivity contribution in [1.29, 1.82) is 0 Å². The van der Waals surface area contributed by atoms with Crippen molar-refractivity contribution in [2.45, 2.75) is 79.6 Å². The van der Waals surface area contributed by atoms with E-state index in [1.807, 2.05) is 0 Å². The first-order valence-corrected chi connectivity index (χ1v) is 13.8. The first-order valence-electron chi connectivity index (χ1n) is 13.8. The fourth-order valence-electron chi connectivity index (χ4n) is 6.83. The highest BCUT2D eigenvalue weighted by molar-refractivity contribution is 6.05. The topological polar surface area (TPSA) is 13.1 Å². The molecule has 0 spiro atoms. The summed E-state index contributed by atoms with van der Waals surface area (Å²) in [6, 6.07) is 16.3. The number of nitrogens with zero attached hydrogens (tertiary/aromatic N) is 1. The molecule has 1 saturated carbocycles. The molecule has 3 aromatic carbocycles. The lowest BCUT2D eigenvalue weighted by Crippen LogP contribution is -2.34. The van der Waals surface area contributed by atoms with E-state index in [1.165, 1.54) is 80.9 Å². The highest BCUT2D eigenvalue weighted by atomic mass is 16.5. The van der Waals surface area contributed by atoms with E-state index < -0.39 is 0 Å². The smallest absolute Gasteiger partial charge is 0.256 e. The number of hydrogen-bond acceptors (Lipinski definition) is 1. The van der Waals surface area contributed by atoms with Crippen LogP contribution < -0.4 is 9.30 Å². The highest BCUT2D eigenvalue weighted by Crippen LogP contribution is 2.50. The van der Waals surface area contributed by atoms with Crippen LogP contribution in [0.25, 0.3) is 32.9 Å². The first-order chi connectivity index (χ1) is 17.1. The standard InChI is InChI=1S/C34H40NO/c1-20(2)15-23-17-25-16-21(3)22(4)31-32(25)29(18-23)36-30-19-27-26(24-11-13-34(5,6)14-12-24)9-8-10-28(27)35(7)33(30)31/h8-10,16-20,24H,11-15H2,1-7H3/q+1. The Bertz CT molecular complexity index is 1510. The van der Waals surface area contributed by atoms with Gasteiger partial charge in [-0.2, -0.15) is 4.57 Å². The first kappa shape index (κ1) is 23.5. The molecule has 2 nitrogen and oxygen atoms in total. The summed E-state index contributed by atoms with van der Waals surface area (Å²) < 4.78 is 9.21. The number of fused-ring (bicyclic) bond motifs is 3. The van der Waals surface area contributed by atoms with Crippen LogP contribution in [0.5, 0.6) is 11.5 Å². The average molecular weight is 479 g/mol. The van der Waals surface area contributed by atoms with Gasteiger partial charge >= 0.3 is 0 Å². The second kappa shape index (κ2) is 8.33. The van der Waals surface area contributed by atoms with Gasteiger partial charge in [0, 0.05) is 17.5 Å². The third-order valence-electron chi connectivity index (χ3n) is 8.98. The molecule has 0 N–H and O–H groups in total. The van der Waals surface area contributed by atoms with Gasteiger partial charge in [-0.05, 0) is 96.9 Å². The summed E-state index contributed by atoms with van der Waals surface area (Å²) in [4.78, 5) is 0. The molecule has 2 heterocycles. The molecule has 0 unspecified atom stereocenters. The molecule has 0 atom stereocenters. The number of benzene rings is 3. The van der Waals surface area contributed by atoms with Crippen LogP contribution in [-0.4, -0.2) is 0 Å². The van der Waals surface area contributed by atoms with Crippen molar-refractivity contribution in [2.24, 2.45) is 18.4 Å². The summed E-state index contributed by atoms with van der Waals surface area (Å²) in [7, 11) is 2.23. The van der Waals surface area contributed by atoms with Gasteiger partial charge in [0.1, 0.15) is 12.8 Å². The third kappa shape index (κ3) is 3.72. The van der Waals surface area contributed by atoms with E-state index in [2.05, 4.69) is 95.6 Å². The molecule has 6 rings (SSSR count). The fraction of sp³-hybridized carbons (Fsp3) is 0.441. The number of aromatic nitrogens is 1. The molecular weight excluding hydrogens is 438 g/mol. The number of pyridine rings is 1. The molecular formula is C34H40NO+. The Morgan fingerprint density at radius 2 is 1.75 bits per heavy atom. The van der Waals surface area contributed by atoms with Crippen molar-refractivity contribution in [1.82, 2.24) is 0 Å². The fourth-order valence-corrected chi connectivity index (χ4v) is 6.83. The molecule has 0 saturated heterocycles. The molecule has 0 amide bonds. The van der Waals surface area contributed by atoms with Crippen molar-refractivity contribution >= 4 is 21.7 Å². The third-order valence-corrected chi connectivity index (χ3v) is 8.98. The molecule has 1 aliphatic carbocycles. The van der Waals surface area contributed by atoms with Gasteiger partial charge in [0.25, 0.3) is 5.69 Å². The Labute approximate surface area is 216 Å². The molecule has 0 radical (unpaired) electrons. The van der Waals surface area contributed by atoms with Crippen LogP contribution in [0.15, 0.2) is 42.5 Å². The molecule has 2 heteroatoms. The van der Waals surface area contributed by atoms with Gasteiger partial charge in [-0.1, -0.05) is 52.0 Å². The van der Waals surface area contributed by atoms with Crippen LogP contribution in [0.2, 0.25) is 0 Å². The van der Waals surface area contributed by atoms with Crippen LogP contribution in [0.4, 0.5) is 0 Å². The maximum Gasteiger partial charge on any atom is 0.256 e. The molecule has 36 heavy (non-hydrogen) atoms.